The van der Waals surface area contributed by atoms with Gasteiger partial charge in [0.15, 0.2) is 0 Å². The Balaban J connectivity index is 1.48. The smallest absolute Gasteiger partial charge is 0.361 e. The number of hydrogen-bond donors (Lipinski definition) is 1. The lowest BCUT2D eigenvalue weighted by molar-refractivity contribution is 0.0697. The summed E-state index contributed by atoms with van der Waals surface area (Å²) in [4.78, 5) is 13.7. The predicted octanol–water partition coefficient (Wildman–Crippen LogP) is 6.26. The van der Waals surface area contributed by atoms with E-state index >= 15 is 0 Å². The minimum absolute atomic E-state index is 0.120. The van der Waals surface area contributed by atoms with Crippen molar-refractivity contribution in [1.82, 2.24) is 4.67 Å². The van der Waals surface area contributed by atoms with Gasteiger partial charge in [-0.1, -0.05) is 53.6 Å². The molecule has 0 aromatic heterocycles. The molecule has 3 aliphatic rings. The van der Waals surface area contributed by atoms with Crippen LogP contribution in [0.25, 0.3) is 0 Å². The summed E-state index contributed by atoms with van der Waals surface area (Å²) in [7, 11) is 0. The van der Waals surface area contributed by atoms with E-state index in [1.165, 1.54) is 5.56 Å². The maximum absolute atomic E-state index is 11.5. The first-order valence-electron chi connectivity index (χ1n) is 10.5. The van der Waals surface area contributed by atoms with Crippen LogP contribution in [0.3, 0.4) is 0 Å². The summed E-state index contributed by atoms with van der Waals surface area (Å²) >= 11 is 14.0. The molecule has 2 aromatic carbocycles. The van der Waals surface area contributed by atoms with Crippen LogP contribution < -0.4 is 9.57 Å². The Morgan fingerprint density at radius 1 is 1.16 bits per heavy atom. The fourth-order valence-electron chi connectivity index (χ4n) is 3.97. The van der Waals surface area contributed by atoms with Gasteiger partial charge < -0.3 is 5.11 Å². The average molecular weight is 484 g/mol. The molecule has 2 aliphatic carbocycles. The first-order chi connectivity index (χ1) is 15.5. The third kappa shape index (κ3) is 4.39. The number of rotatable bonds is 6. The molecular formula is C25H21Cl2N2O2S+. The van der Waals surface area contributed by atoms with Crippen LogP contribution in [-0.4, -0.2) is 22.1 Å². The van der Waals surface area contributed by atoms with Crippen LogP contribution in [0.5, 0.6) is 0 Å². The van der Waals surface area contributed by atoms with Gasteiger partial charge in [0.1, 0.15) is 5.69 Å². The van der Waals surface area contributed by atoms with E-state index in [4.69, 9.17) is 27.9 Å². The highest BCUT2D eigenvalue weighted by Gasteiger charge is 2.47. The van der Waals surface area contributed by atoms with Crippen LogP contribution in [0.2, 0.25) is 5.02 Å². The van der Waals surface area contributed by atoms with Crippen LogP contribution in [0.1, 0.15) is 40.4 Å². The number of amidine groups is 2. The Morgan fingerprint density at radius 3 is 2.59 bits per heavy atom. The highest BCUT2D eigenvalue weighted by molar-refractivity contribution is 8.14. The first kappa shape index (κ1) is 21.4. The SMILES string of the molecule is O=C(O)c1cccc(N2C(SC(c3ccc(Cl)cc3)C3C=CC(Cl)=CC3)=[N+]=C2C2CC2)c1. The van der Waals surface area contributed by atoms with Crippen molar-refractivity contribution in [3.05, 3.63) is 87.9 Å². The number of carboxylic acids is 1. The maximum atomic E-state index is 11.5. The van der Waals surface area contributed by atoms with E-state index in [0.29, 0.717) is 10.9 Å². The summed E-state index contributed by atoms with van der Waals surface area (Å²) < 4.78 is 4.89. The number of halogens is 2. The maximum Gasteiger partial charge on any atom is 0.361 e. The van der Waals surface area contributed by atoms with E-state index in [2.05, 4.69) is 23.1 Å². The van der Waals surface area contributed by atoms with Crippen molar-refractivity contribution < 1.29 is 9.90 Å². The topological polar surface area (TPSA) is 54.6 Å². The molecule has 7 heteroatoms. The van der Waals surface area contributed by atoms with E-state index in [1.54, 1.807) is 30.0 Å². The van der Waals surface area contributed by atoms with Crippen molar-refractivity contribution in [2.75, 3.05) is 4.90 Å². The standard InChI is InChI=1S/C25H20Cl2N2O2S/c26-19-10-6-15(7-11-19)22(16-8-12-20(27)13-9-16)32-25-28-23(17-4-5-17)29(25)21-3-1-2-18(14-21)24(30)31/h1-3,6-8,10-14,16-17,22H,4-5,9H2/p+1. The van der Waals surface area contributed by atoms with Gasteiger partial charge in [0, 0.05) is 15.3 Å². The van der Waals surface area contributed by atoms with Gasteiger partial charge in [0.05, 0.1) is 11.5 Å². The minimum atomic E-state index is -0.929. The van der Waals surface area contributed by atoms with E-state index < -0.39 is 5.97 Å². The molecule has 1 fully saturated rings. The number of carbonyl (C=O) groups is 1. The molecule has 32 heavy (non-hydrogen) atoms. The summed E-state index contributed by atoms with van der Waals surface area (Å²) in [6.07, 6.45) is 9.26. The zero-order chi connectivity index (χ0) is 22.2. The molecule has 1 N–H and O–H groups in total. The Labute approximate surface area is 201 Å². The van der Waals surface area contributed by atoms with Crippen LogP contribution >= 0.6 is 35.0 Å². The second kappa shape index (κ2) is 8.84. The molecule has 2 atom stereocenters. The van der Waals surface area contributed by atoms with Crippen LogP contribution in [0.4, 0.5) is 5.69 Å². The Bertz CT molecular complexity index is 1190. The van der Waals surface area contributed by atoms with Gasteiger partial charge in [-0.25, -0.2) is 9.46 Å². The number of anilines is 1. The summed E-state index contributed by atoms with van der Waals surface area (Å²) in [5.41, 5.74) is 2.29. The van der Waals surface area contributed by atoms with Gasteiger partial charge in [0.25, 0.3) is 0 Å². The number of hydrogen-bond acceptors (Lipinski definition) is 3. The van der Waals surface area contributed by atoms with Gasteiger partial charge in [-0.05, 0) is 78.9 Å². The van der Waals surface area contributed by atoms with Gasteiger partial charge in [0.2, 0.25) is 0 Å². The van der Waals surface area contributed by atoms with Crippen molar-refractivity contribution in [2.24, 2.45) is 11.8 Å². The van der Waals surface area contributed by atoms with Crippen molar-refractivity contribution in [1.29, 1.82) is 0 Å². The second-order valence-electron chi connectivity index (χ2n) is 8.16. The van der Waals surface area contributed by atoms with Crippen molar-refractivity contribution in [3.8, 4) is 0 Å². The number of allylic oxidation sites excluding steroid dienone is 4. The van der Waals surface area contributed by atoms with Crippen molar-refractivity contribution in [3.63, 3.8) is 0 Å². The fourth-order valence-corrected chi connectivity index (χ4v) is 5.61. The molecule has 1 heterocycles. The predicted molar refractivity (Wildman–Crippen MR) is 134 cm³/mol. The number of thioether (sulfide) groups is 1. The molecule has 2 aromatic rings. The number of benzene rings is 2. The second-order valence-corrected chi connectivity index (χ2v) is 10.1. The van der Waals surface area contributed by atoms with Gasteiger partial charge >= 0.3 is 17.0 Å². The summed E-state index contributed by atoms with van der Waals surface area (Å²) in [5, 5.41) is 11.9. The first-order valence-corrected chi connectivity index (χ1v) is 12.2. The lowest BCUT2D eigenvalue weighted by Crippen LogP contribution is -2.48. The molecule has 1 saturated carbocycles. The molecule has 4 nitrogen and oxygen atoms in total. The molecular weight excluding hydrogens is 463 g/mol. The molecule has 1 aliphatic heterocycles. The monoisotopic (exact) mass is 483 g/mol. The van der Waals surface area contributed by atoms with Gasteiger partial charge in [-0.2, -0.15) is 4.90 Å². The van der Waals surface area contributed by atoms with Crippen molar-refractivity contribution >= 4 is 57.6 Å². The van der Waals surface area contributed by atoms with Crippen LogP contribution in [-0.2, 0) is 0 Å². The van der Waals surface area contributed by atoms with Crippen molar-refractivity contribution in [2.45, 2.75) is 24.5 Å². The highest BCUT2D eigenvalue weighted by atomic mass is 35.5. The molecule has 0 radical (unpaired) electrons. The van der Waals surface area contributed by atoms with E-state index in [1.807, 2.05) is 30.4 Å². The summed E-state index contributed by atoms with van der Waals surface area (Å²) in [5.74, 6) is 0.815. The molecule has 0 saturated heterocycles. The lowest BCUT2D eigenvalue weighted by atomic mass is 9.92. The summed E-state index contributed by atoms with van der Waals surface area (Å²) in [6.45, 7) is 0. The molecule has 5 rings (SSSR count). The Hall–Kier alpha value is -2.43. The zero-order valence-corrected chi connectivity index (χ0v) is 19.4. The van der Waals surface area contributed by atoms with Gasteiger partial charge in [-0.3, -0.25) is 0 Å². The Morgan fingerprint density at radius 2 is 1.94 bits per heavy atom. The third-order valence-electron chi connectivity index (χ3n) is 5.83. The van der Waals surface area contributed by atoms with E-state index in [9.17, 15) is 9.90 Å². The quantitative estimate of drug-likeness (QED) is 0.492. The van der Waals surface area contributed by atoms with Gasteiger partial charge in [-0.15, -0.1) is 0 Å². The number of carboxylic acid groups (broad SMARTS) is 1. The number of nitrogens with zero attached hydrogens (tertiary/aromatic N) is 2. The number of aromatic carboxylic acids is 1. The average Bonchev–Trinajstić information content (AvgIpc) is 3.60. The summed E-state index contributed by atoms with van der Waals surface area (Å²) in [6, 6.07) is 15.0. The van der Waals surface area contributed by atoms with E-state index in [-0.39, 0.29) is 16.7 Å². The molecule has 0 bridgehead atoms. The lowest BCUT2D eigenvalue weighted by Gasteiger charge is -2.29. The minimum Gasteiger partial charge on any atom is -0.478 e. The normalized spacial score (nSPS) is 20.8. The highest BCUT2D eigenvalue weighted by Crippen LogP contribution is 2.44. The fraction of sp³-hybridized carbons (Fsp3) is 0.240. The largest absolute Gasteiger partial charge is 0.478 e. The van der Waals surface area contributed by atoms with Crippen LogP contribution in [0, 0.1) is 11.8 Å². The zero-order valence-electron chi connectivity index (χ0n) is 17.1. The van der Waals surface area contributed by atoms with Crippen LogP contribution in [0.15, 0.2) is 71.8 Å². The third-order valence-corrected chi connectivity index (χ3v) is 7.72. The molecule has 0 spiro atoms. The Kier molecular flexibility index (Phi) is 5.92. The molecule has 2 unspecified atom stereocenters. The molecule has 162 valence electrons. The van der Waals surface area contributed by atoms with E-state index in [0.717, 1.165) is 41.0 Å². The molecule has 0 amide bonds.